The summed E-state index contributed by atoms with van der Waals surface area (Å²) in [5.41, 5.74) is -1.13. The van der Waals surface area contributed by atoms with Gasteiger partial charge >= 0.3 is 12.0 Å². The van der Waals surface area contributed by atoms with E-state index in [1.165, 1.54) is 19.3 Å². The van der Waals surface area contributed by atoms with Crippen molar-refractivity contribution >= 4 is 12.0 Å². The summed E-state index contributed by atoms with van der Waals surface area (Å²) in [6, 6.07) is -0.284. The van der Waals surface area contributed by atoms with Gasteiger partial charge in [0.25, 0.3) is 0 Å². The van der Waals surface area contributed by atoms with Gasteiger partial charge in [-0.25, -0.2) is 9.59 Å². The predicted octanol–water partition coefficient (Wildman–Crippen LogP) is 2.07. The fraction of sp³-hybridized carbons (Fsp3) is 0.846. The normalized spacial score (nSPS) is 15.9. The number of aliphatic carboxylic acids is 1. The van der Waals surface area contributed by atoms with E-state index in [0.717, 1.165) is 6.54 Å². The second-order valence-electron chi connectivity index (χ2n) is 5.20. The topological polar surface area (TPSA) is 69.6 Å². The van der Waals surface area contributed by atoms with Gasteiger partial charge in [-0.1, -0.05) is 20.3 Å². The number of carboxylic acid groups (broad SMARTS) is 1. The summed E-state index contributed by atoms with van der Waals surface area (Å²) < 4.78 is 0. The Labute approximate surface area is 109 Å². The average molecular weight is 256 g/mol. The second-order valence-corrected chi connectivity index (χ2v) is 5.20. The summed E-state index contributed by atoms with van der Waals surface area (Å²) in [6.45, 7) is 4.28. The van der Waals surface area contributed by atoms with Crippen LogP contribution in [0.2, 0.25) is 0 Å². The molecule has 0 spiro atoms. The van der Waals surface area contributed by atoms with Crippen LogP contribution in [0.5, 0.6) is 0 Å². The number of hydrogen-bond acceptors (Lipinski definition) is 2. The van der Waals surface area contributed by atoms with Gasteiger partial charge in [0.2, 0.25) is 0 Å². The monoisotopic (exact) mass is 256 g/mol. The van der Waals surface area contributed by atoms with Gasteiger partial charge in [0.05, 0.1) is 0 Å². The lowest BCUT2D eigenvalue weighted by molar-refractivity contribution is -0.144. The fourth-order valence-electron chi connectivity index (χ4n) is 2.23. The number of carboxylic acids is 1. The van der Waals surface area contributed by atoms with Gasteiger partial charge in [0.15, 0.2) is 0 Å². The summed E-state index contributed by atoms with van der Waals surface area (Å²) in [5, 5.41) is 11.9. The molecular formula is C13H24N2O3. The first kappa shape index (κ1) is 14.8. The minimum atomic E-state index is -1.13. The Balaban J connectivity index is 2.56. The van der Waals surface area contributed by atoms with E-state index in [4.69, 9.17) is 0 Å². The van der Waals surface area contributed by atoms with Crippen LogP contribution in [-0.4, -0.2) is 41.1 Å². The Morgan fingerprint density at radius 2 is 1.89 bits per heavy atom. The van der Waals surface area contributed by atoms with Crippen molar-refractivity contribution in [3.05, 3.63) is 0 Å². The van der Waals surface area contributed by atoms with Crippen LogP contribution in [0.1, 0.15) is 46.0 Å². The number of rotatable bonds is 6. The molecular weight excluding hydrogens is 232 g/mol. The van der Waals surface area contributed by atoms with Crippen LogP contribution in [0.15, 0.2) is 0 Å². The smallest absolute Gasteiger partial charge is 0.329 e. The molecule has 1 fully saturated rings. The van der Waals surface area contributed by atoms with Crippen LogP contribution < -0.4 is 5.32 Å². The zero-order chi connectivity index (χ0) is 13.8. The molecule has 104 valence electrons. The Bertz CT molecular complexity index is 309. The van der Waals surface area contributed by atoms with Crippen LogP contribution >= 0.6 is 0 Å². The van der Waals surface area contributed by atoms with Crippen molar-refractivity contribution in [1.29, 1.82) is 0 Å². The maximum absolute atomic E-state index is 12.0. The summed E-state index contributed by atoms with van der Waals surface area (Å²) in [7, 11) is 1.73. The maximum Gasteiger partial charge on any atom is 0.329 e. The van der Waals surface area contributed by atoms with Gasteiger partial charge in [-0.05, 0) is 31.6 Å². The van der Waals surface area contributed by atoms with Crippen molar-refractivity contribution in [2.45, 2.75) is 51.5 Å². The van der Waals surface area contributed by atoms with Crippen molar-refractivity contribution in [3.8, 4) is 0 Å². The Hall–Kier alpha value is -1.26. The highest BCUT2D eigenvalue weighted by molar-refractivity contribution is 5.86. The molecule has 0 aromatic rings. The molecule has 1 aliphatic carbocycles. The molecule has 0 aromatic heterocycles. The summed E-state index contributed by atoms with van der Waals surface area (Å²) >= 11 is 0. The van der Waals surface area contributed by atoms with Crippen molar-refractivity contribution in [1.82, 2.24) is 10.2 Å². The molecule has 0 bridgehead atoms. The van der Waals surface area contributed by atoms with Crippen LogP contribution in [0.4, 0.5) is 4.79 Å². The van der Waals surface area contributed by atoms with Crippen LogP contribution in [0.3, 0.4) is 0 Å². The SMILES string of the molecule is CCC(CC)(NC(=O)N(C)CC1CCC1)C(=O)O. The van der Waals surface area contributed by atoms with Gasteiger partial charge in [-0.2, -0.15) is 0 Å². The number of carbonyl (C=O) groups excluding carboxylic acids is 1. The molecule has 1 saturated carbocycles. The lowest BCUT2D eigenvalue weighted by atomic mass is 9.85. The average Bonchev–Trinajstić information content (AvgIpc) is 2.29. The van der Waals surface area contributed by atoms with E-state index in [9.17, 15) is 14.7 Å². The number of urea groups is 1. The molecule has 0 aliphatic heterocycles. The molecule has 0 heterocycles. The fourth-order valence-corrected chi connectivity index (χ4v) is 2.23. The number of nitrogens with one attached hydrogen (secondary N) is 1. The van der Waals surface area contributed by atoms with E-state index in [-0.39, 0.29) is 6.03 Å². The first-order valence-corrected chi connectivity index (χ1v) is 6.71. The number of amides is 2. The molecule has 18 heavy (non-hydrogen) atoms. The predicted molar refractivity (Wildman–Crippen MR) is 69.5 cm³/mol. The molecule has 0 radical (unpaired) electrons. The third-order valence-corrected chi connectivity index (χ3v) is 4.07. The third-order valence-electron chi connectivity index (χ3n) is 4.07. The van der Waals surface area contributed by atoms with Crippen molar-refractivity contribution in [2.24, 2.45) is 5.92 Å². The second kappa shape index (κ2) is 6.07. The Morgan fingerprint density at radius 1 is 1.33 bits per heavy atom. The molecule has 0 aromatic carbocycles. The van der Waals surface area contributed by atoms with E-state index in [1.807, 2.05) is 0 Å². The summed E-state index contributed by atoms with van der Waals surface area (Å²) in [6.07, 6.45) is 4.36. The molecule has 1 aliphatic rings. The first-order chi connectivity index (χ1) is 8.45. The third kappa shape index (κ3) is 3.15. The van der Waals surface area contributed by atoms with Crippen molar-refractivity contribution in [2.75, 3.05) is 13.6 Å². The van der Waals surface area contributed by atoms with Gasteiger partial charge in [0.1, 0.15) is 5.54 Å². The van der Waals surface area contributed by atoms with E-state index in [1.54, 1.807) is 25.8 Å². The first-order valence-electron chi connectivity index (χ1n) is 6.71. The highest BCUT2D eigenvalue weighted by Crippen LogP contribution is 2.27. The van der Waals surface area contributed by atoms with E-state index in [0.29, 0.717) is 18.8 Å². The minimum Gasteiger partial charge on any atom is -0.480 e. The highest BCUT2D eigenvalue weighted by atomic mass is 16.4. The summed E-state index contributed by atoms with van der Waals surface area (Å²) in [4.78, 5) is 24.9. The molecule has 1 rings (SSSR count). The Morgan fingerprint density at radius 3 is 2.22 bits per heavy atom. The number of nitrogens with zero attached hydrogens (tertiary/aromatic N) is 1. The zero-order valence-electron chi connectivity index (χ0n) is 11.5. The molecule has 0 saturated heterocycles. The molecule has 5 heteroatoms. The molecule has 5 nitrogen and oxygen atoms in total. The zero-order valence-corrected chi connectivity index (χ0v) is 11.5. The van der Waals surface area contributed by atoms with E-state index < -0.39 is 11.5 Å². The largest absolute Gasteiger partial charge is 0.480 e. The summed E-state index contributed by atoms with van der Waals surface area (Å²) in [5.74, 6) is -0.374. The highest BCUT2D eigenvalue weighted by Gasteiger charge is 2.37. The Kier molecular flexibility index (Phi) is 4.99. The maximum atomic E-state index is 12.0. The molecule has 0 atom stereocenters. The van der Waals surface area contributed by atoms with Crippen LogP contribution in [0, 0.1) is 5.92 Å². The van der Waals surface area contributed by atoms with Gasteiger partial charge in [-0.15, -0.1) is 0 Å². The molecule has 2 amide bonds. The van der Waals surface area contributed by atoms with Crippen molar-refractivity contribution in [3.63, 3.8) is 0 Å². The van der Waals surface area contributed by atoms with E-state index >= 15 is 0 Å². The standard InChI is InChI=1S/C13H24N2O3/c1-4-13(5-2,11(16)17)14-12(18)15(3)9-10-7-6-8-10/h10H,4-9H2,1-3H3,(H,14,18)(H,16,17). The lowest BCUT2D eigenvalue weighted by Crippen LogP contribution is -2.57. The van der Waals surface area contributed by atoms with Crippen LogP contribution in [0.25, 0.3) is 0 Å². The van der Waals surface area contributed by atoms with Crippen LogP contribution in [-0.2, 0) is 4.79 Å². The van der Waals surface area contributed by atoms with E-state index in [2.05, 4.69) is 5.32 Å². The van der Waals surface area contributed by atoms with Crippen molar-refractivity contribution < 1.29 is 14.7 Å². The van der Waals surface area contributed by atoms with Gasteiger partial charge in [0, 0.05) is 13.6 Å². The molecule has 2 N–H and O–H groups in total. The lowest BCUT2D eigenvalue weighted by Gasteiger charge is -2.34. The van der Waals surface area contributed by atoms with Gasteiger partial charge in [-0.3, -0.25) is 0 Å². The van der Waals surface area contributed by atoms with Gasteiger partial charge < -0.3 is 15.3 Å². The minimum absolute atomic E-state index is 0.284. The number of carbonyl (C=O) groups is 2. The quantitative estimate of drug-likeness (QED) is 0.764. The molecule has 0 unspecified atom stereocenters. The number of hydrogen-bond donors (Lipinski definition) is 2.